The molecular weight excluding hydrogens is 432 g/mol. The van der Waals surface area contributed by atoms with Crippen LogP contribution in [0.2, 0.25) is 5.02 Å². The van der Waals surface area contributed by atoms with Crippen molar-refractivity contribution in [1.29, 1.82) is 5.26 Å². The van der Waals surface area contributed by atoms with Crippen molar-refractivity contribution in [3.63, 3.8) is 0 Å². The second-order valence-corrected chi connectivity index (χ2v) is 8.54. The zero-order chi connectivity index (χ0) is 21.6. The Kier molecular flexibility index (Phi) is 6.75. The van der Waals surface area contributed by atoms with Gasteiger partial charge in [-0.05, 0) is 37.1 Å². The summed E-state index contributed by atoms with van der Waals surface area (Å²) in [7, 11) is 0. The van der Waals surface area contributed by atoms with E-state index in [0.29, 0.717) is 27.2 Å². The van der Waals surface area contributed by atoms with Crippen LogP contribution in [0.3, 0.4) is 0 Å². The van der Waals surface area contributed by atoms with E-state index in [0.717, 1.165) is 37.6 Å². The van der Waals surface area contributed by atoms with Crippen LogP contribution in [0.5, 0.6) is 0 Å². The minimum absolute atomic E-state index is 0.154. The molecule has 4 rings (SSSR count). The second-order valence-electron chi connectivity index (χ2n) is 7.07. The van der Waals surface area contributed by atoms with Crippen LogP contribution < -0.4 is 10.2 Å². The number of nitriles is 1. The molecule has 158 valence electrons. The van der Waals surface area contributed by atoms with E-state index in [-0.39, 0.29) is 12.3 Å². The molecule has 2 aromatic carbocycles. The van der Waals surface area contributed by atoms with Crippen molar-refractivity contribution in [2.45, 2.75) is 24.4 Å². The van der Waals surface area contributed by atoms with E-state index in [2.05, 4.69) is 26.5 Å². The van der Waals surface area contributed by atoms with E-state index in [1.807, 2.05) is 28.8 Å². The molecule has 0 bridgehead atoms. The van der Waals surface area contributed by atoms with Gasteiger partial charge in [-0.3, -0.25) is 9.36 Å². The highest BCUT2D eigenvalue weighted by Crippen LogP contribution is 2.32. The SMILES string of the molecule is N#Cc1ccccc1NC(=O)CCSc1nnc(N2CCCC2)n1-c1ccccc1Cl. The zero-order valence-corrected chi connectivity index (χ0v) is 18.4. The number of nitrogens with zero attached hydrogens (tertiary/aromatic N) is 5. The molecule has 1 N–H and O–H groups in total. The quantitative estimate of drug-likeness (QED) is 0.530. The summed E-state index contributed by atoms with van der Waals surface area (Å²) in [5.41, 5.74) is 1.79. The molecule has 0 radical (unpaired) electrons. The third-order valence-corrected chi connectivity index (χ3v) is 6.23. The number of nitrogens with one attached hydrogen (secondary N) is 1. The van der Waals surface area contributed by atoms with Crippen LogP contribution in [0.15, 0.2) is 53.7 Å². The topological polar surface area (TPSA) is 86.8 Å². The van der Waals surface area contributed by atoms with E-state index in [1.54, 1.807) is 24.3 Å². The van der Waals surface area contributed by atoms with Crippen molar-refractivity contribution >= 4 is 40.9 Å². The first-order valence-electron chi connectivity index (χ1n) is 10.0. The number of thioether (sulfide) groups is 1. The lowest BCUT2D eigenvalue weighted by Crippen LogP contribution is -2.22. The lowest BCUT2D eigenvalue weighted by molar-refractivity contribution is -0.115. The lowest BCUT2D eigenvalue weighted by atomic mass is 10.2. The summed E-state index contributed by atoms with van der Waals surface area (Å²) in [4.78, 5) is 14.6. The number of aromatic nitrogens is 3. The van der Waals surface area contributed by atoms with Crippen molar-refractivity contribution in [3.8, 4) is 11.8 Å². The van der Waals surface area contributed by atoms with Gasteiger partial charge in [0.05, 0.1) is 22.0 Å². The maximum atomic E-state index is 12.4. The number of para-hydroxylation sites is 2. The van der Waals surface area contributed by atoms with Crippen molar-refractivity contribution in [2.24, 2.45) is 0 Å². The molecule has 1 fully saturated rings. The summed E-state index contributed by atoms with van der Waals surface area (Å²) >= 11 is 7.93. The molecule has 7 nitrogen and oxygen atoms in total. The standard InChI is InChI=1S/C22H21ClN6OS/c23-17-8-2-4-10-19(17)29-21(28-12-5-6-13-28)26-27-22(29)31-14-11-20(30)25-18-9-3-1-7-16(18)15-24/h1-4,7-10H,5-6,11-14H2,(H,25,30). The minimum atomic E-state index is -0.154. The molecule has 3 aromatic rings. The number of halogens is 1. The van der Waals surface area contributed by atoms with Gasteiger partial charge in [0.1, 0.15) is 6.07 Å². The normalized spacial score (nSPS) is 13.2. The van der Waals surface area contributed by atoms with Crippen LogP contribution in [0.4, 0.5) is 11.6 Å². The summed E-state index contributed by atoms with van der Waals surface area (Å²) in [5, 5.41) is 22.1. The first kappa shape index (κ1) is 21.2. The molecule has 0 aliphatic carbocycles. The fourth-order valence-corrected chi connectivity index (χ4v) is 4.56. The van der Waals surface area contributed by atoms with Crippen LogP contribution in [-0.4, -0.2) is 39.5 Å². The number of hydrogen-bond donors (Lipinski definition) is 1. The van der Waals surface area contributed by atoms with Gasteiger partial charge in [-0.15, -0.1) is 10.2 Å². The van der Waals surface area contributed by atoms with Crippen molar-refractivity contribution in [2.75, 3.05) is 29.1 Å². The smallest absolute Gasteiger partial charge is 0.232 e. The molecule has 1 aliphatic rings. The maximum Gasteiger partial charge on any atom is 0.232 e. The van der Waals surface area contributed by atoms with Gasteiger partial charge in [0.25, 0.3) is 0 Å². The predicted molar refractivity (Wildman–Crippen MR) is 123 cm³/mol. The van der Waals surface area contributed by atoms with Gasteiger partial charge in [-0.1, -0.05) is 47.6 Å². The first-order valence-corrected chi connectivity index (χ1v) is 11.4. The average molecular weight is 453 g/mol. The molecule has 2 heterocycles. The molecular formula is C22H21ClN6OS. The maximum absolute atomic E-state index is 12.4. The van der Waals surface area contributed by atoms with Crippen molar-refractivity contribution < 1.29 is 4.79 Å². The fraction of sp³-hybridized carbons (Fsp3) is 0.273. The van der Waals surface area contributed by atoms with Crippen LogP contribution >= 0.6 is 23.4 Å². The molecule has 0 spiro atoms. The summed E-state index contributed by atoms with van der Waals surface area (Å²) in [6, 6.07) is 16.7. The molecule has 1 amide bonds. The van der Waals surface area contributed by atoms with E-state index in [4.69, 9.17) is 11.6 Å². The molecule has 0 saturated carbocycles. The molecule has 31 heavy (non-hydrogen) atoms. The monoisotopic (exact) mass is 452 g/mol. The summed E-state index contributed by atoms with van der Waals surface area (Å²) in [6.45, 7) is 1.88. The van der Waals surface area contributed by atoms with Gasteiger partial charge in [0, 0.05) is 25.3 Å². The summed E-state index contributed by atoms with van der Waals surface area (Å²) in [6.07, 6.45) is 2.53. The Morgan fingerprint density at radius 2 is 1.87 bits per heavy atom. The number of rotatable bonds is 7. The molecule has 0 atom stereocenters. The van der Waals surface area contributed by atoms with Crippen molar-refractivity contribution in [1.82, 2.24) is 14.8 Å². The molecule has 1 aromatic heterocycles. The lowest BCUT2D eigenvalue weighted by Gasteiger charge is -2.19. The Balaban J connectivity index is 1.48. The van der Waals surface area contributed by atoms with Gasteiger partial charge in [0.2, 0.25) is 11.9 Å². The number of hydrogen-bond acceptors (Lipinski definition) is 6. The third-order valence-electron chi connectivity index (χ3n) is 4.98. The number of carbonyl (C=O) groups excluding carboxylic acids is 1. The Bertz CT molecular complexity index is 1120. The van der Waals surface area contributed by atoms with Gasteiger partial charge >= 0.3 is 0 Å². The highest BCUT2D eigenvalue weighted by Gasteiger charge is 2.23. The average Bonchev–Trinajstić information content (AvgIpc) is 3.44. The highest BCUT2D eigenvalue weighted by molar-refractivity contribution is 7.99. The van der Waals surface area contributed by atoms with Crippen molar-refractivity contribution in [3.05, 3.63) is 59.1 Å². The van der Waals surface area contributed by atoms with Crippen LogP contribution in [0, 0.1) is 11.3 Å². The second kappa shape index (κ2) is 9.86. The molecule has 0 unspecified atom stereocenters. The predicted octanol–water partition coefficient (Wildman–Crippen LogP) is 4.51. The minimum Gasteiger partial charge on any atom is -0.341 e. The highest BCUT2D eigenvalue weighted by atomic mass is 35.5. The van der Waals surface area contributed by atoms with Crippen LogP contribution in [0.1, 0.15) is 24.8 Å². The van der Waals surface area contributed by atoms with E-state index in [1.165, 1.54) is 11.8 Å². The first-order chi connectivity index (χ1) is 15.2. The Morgan fingerprint density at radius 1 is 1.13 bits per heavy atom. The molecule has 9 heteroatoms. The number of amides is 1. The van der Waals surface area contributed by atoms with E-state index >= 15 is 0 Å². The third kappa shape index (κ3) is 4.84. The van der Waals surface area contributed by atoms with Gasteiger partial charge < -0.3 is 10.2 Å². The molecule has 1 aliphatic heterocycles. The zero-order valence-electron chi connectivity index (χ0n) is 16.8. The largest absolute Gasteiger partial charge is 0.341 e. The summed E-state index contributed by atoms with van der Waals surface area (Å²) in [5.74, 6) is 1.14. The van der Waals surface area contributed by atoms with E-state index in [9.17, 15) is 10.1 Å². The fourth-order valence-electron chi connectivity index (χ4n) is 3.46. The number of benzene rings is 2. The summed E-state index contributed by atoms with van der Waals surface area (Å²) < 4.78 is 1.97. The number of carbonyl (C=O) groups is 1. The van der Waals surface area contributed by atoms with Crippen LogP contribution in [0.25, 0.3) is 5.69 Å². The number of anilines is 2. The Hall–Kier alpha value is -3.02. The Labute approximate surface area is 190 Å². The van der Waals surface area contributed by atoms with E-state index < -0.39 is 0 Å². The molecule has 1 saturated heterocycles. The Morgan fingerprint density at radius 3 is 2.65 bits per heavy atom. The van der Waals surface area contributed by atoms with Gasteiger partial charge in [0.15, 0.2) is 5.16 Å². The van der Waals surface area contributed by atoms with Crippen LogP contribution in [-0.2, 0) is 4.79 Å². The van der Waals surface area contributed by atoms with Gasteiger partial charge in [-0.25, -0.2) is 0 Å². The van der Waals surface area contributed by atoms with Gasteiger partial charge in [-0.2, -0.15) is 5.26 Å².